The highest BCUT2D eigenvalue weighted by atomic mass is 32.2. The number of hydrogen-bond donors (Lipinski definition) is 1. The van der Waals surface area contributed by atoms with E-state index in [0.717, 1.165) is 6.42 Å². The maximum atomic E-state index is 13.1. The monoisotopic (exact) mass is 383 g/mol. The number of carbonyl (C=O) groups excluding carboxylic acids is 1. The SMILES string of the molecule is CCCC(=O)N1c2ccccc2-c2c(=O)[nH]c(SC)n[n+]2[C@H]1c1ccco1. The Hall–Kier alpha value is -2.87. The summed E-state index contributed by atoms with van der Waals surface area (Å²) in [5, 5.41) is 5.07. The van der Waals surface area contributed by atoms with Gasteiger partial charge in [0.05, 0.1) is 17.5 Å². The molecule has 0 saturated heterocycles. The number of para-hydroxylation sites is 1. The lowest BCUT2D eigenvalue weighted by Gasteiger charge is -2.30. The third-order valence-electron chi connectivity index (χ3n) is 4.48. The molecule has 0 unspecified atom stereocenters. The summed E-state index contributed by atoms with van der Waals surface area (Å²) in [5.74, 6) is 0.502. The summed E-state index contributed by atoms with van der Waals surface area (Å²) in [6, 6.07) is 11.0. The first-order valence-electron chi connectivity index (χ1n) is 8.70. The van der Waals surface area contributed by atoms with E-state index in [1.54, 1.807) is 28.0 Å². The molecule has 4 rings (SSSR count). The molecule has 1 aliphatic rings. The molecule has 27 heavy (non-hydrogen) atoms. The first-order valence-corrected chi connectivity index (χ1v) is 9.93. The highest BCUT2D eigenvalue weighted by Crippen LogP contribution is 2.37. The van der Waals surface area contributed by atoms with Crippen molar-refractivity contribution in [1.82, 2.24) is 10.1 Å². The smallest absolute Gasteiger partial charge is 0.325 e. The summed E-state index contributed by atoms with van der Waals surface area (Å²) in [6.07, 6.45) is 3.85. The van der Waals surface area contributed by atoms with Crippen LogP contribution in [0, 0.1) is 0 Å². The first kappa shape index (κ1) is 17.5. The van der Waals surface area contributed by atoms with Gasteiger partial charge in [0.2, 0.25) is 11.1 Å². The van der Waals surface area contributed by atoms with Crippen LogP contribution in [0.2, 0.25) is 0 Å². The second-order valence-corrected chi connectivity index (χ2v) is 6.97. The van der Waals surface area contributed by atoms with Crippen molar-refractivity contribution in [2.75, 3.05) is 11.2 Å². The lowest BCUT2D eigenvalue weighted by Crippen LogP contribution is -2.60. The van der Waals surface area contributed by atoms with Gasteiger partial charge in [0.15, 0.2) is 5.76 Å². The van der Waals surface area contributed by atoms with Crippen molar-refractivity contribution >= 4 is 23.4 Å². The normalized spacial score (nSPS) is 15.3. The fraction of sp³-hybridized carbons (Fsp3) is 0.263. The summed E-state index contributed by atoms with van der Waals surface area (Å²) in [6.45, 7) is 1.96. The largest absolute Gasteiger partial charge is 0.460 e. The first-order chi connectivity index (χ1) is 13.2. The van der Waals surface area contributed by atoms with Crippen molar-refractivity contribution in [1.29, 1.82) is 0 Å². The minimum absolute atomic E-state index is 0.0442. The molecule has 0 radical (unpaired) electrons. The molecule has 1 aromatic carbocycles. The van der Waals surface area contributed by atoms with Gasteiger partial charge >= 0.3 is 17.4 Å². The van der Waals surface area contributed by atoms with E-state index >= 15 is 0 Å². The van der Waals surface area contributed by atoms with Gasteiger partial charge in [-0.05, 0) is 41.6 Å². The molecule has 1 atom stereocenters. The number of furan rings is 1. The topological polar surface area (TPSA) is 83.1 Å². The van der Waals surface area contributed by atoms with Crippen LogP contribution >= 0.6 is 11.8 Å². The lowest BCUT2D eigenvalue weighted by atomic mass is 10.0. The van der Waals surface area contributed by atoms with Crippen LogP contribution in [-0.4, -0.2) is 22.2 Å². The number of amides is 1. The Kier molecular flexibility index (Phi) is 4.57. The van der Waals surface area contributed by atoms with Crippen molar-refractivity contribution in [2.24, 2.45) is 0 Å². The molecule has 0 bridgehead atoms. The van der Waals surface area contributed by atoms with Crippen LogP contribution in [0.4, 0.5) is 5.69 Å². The van der Waals surface area contributed by atoms with E-state index in [1.807, 2.05) is 37.4 Å². The van der Waals surface area contributed by atoms with E-state index < -0.39 is 6.17 Å². The molecular formula is C19H19N4O3S+. The number of aromatic nitrogens is 3. The van der Waals surface area contributed by atoms with Gasteiger partial charge < -0.3 is 4.42 Å². The number of benzene rings is 1. The van der Waals surface area contributed by atoms with E-state index in [-0.39, 0.29) is 11.5 Å². The van der Waals surface area contributed by atoms with Crippen molar-refractivity contribution in [2.45, 2.75) is 31.1 Å². The third-order valence-corrected chi connectivity index (χ3v) is 5.05. The summed E-state index contributed by atoms with van der Waals surface area (Å²) in [4.78, 5) is 30.4. The molecule has 3 heterocycles. The Morgan fingerprint density at radius 1 is 1.33 bits per heavy atom. The Morgan fingerprint density at radius 3 is 2.85 bits per heavy atom. The highest BCUT2D eigenvalue weighted by molar-refractivity contribution is 7.98. The molecule has 7 nitrogen and oxygen atoms in total. The van der Waals surface area contributed by atoms with Crippen LogP contribution in [0.1, 0.15) is 31.7 Å². The molecule has 1 aliphatic heterocycles. The molecular weight excluding hydrogens is 364 g/mol. The van der Waals surface area contributed by atoms with Crippen molar-refractivity contribution in [3.8, 4) is 11.3 Å². The lowest BCUT2D eigenvalue weighted by molar-refractivity contribution is -0.764. The van der Waals surface area contributed by atoms with Gasteiger partial charge in [-0.25, -0.2) is 4.90 Å². The van der Waals surface area contributed by atoms with Crippen molar-refractivity contribution in [3.63, 3.8) is 0 Å². The maximum Gasteiger partial charge on any atom is 0.325 e. The number of hydrogen-bond acceptors (Lipinski definition) is 5. The summed E-state index contributed by atoms with van der Waals surface area (Å²) in [7, 11) is 0. The van der Waals surface area contributed by atoms with E-state index in [2.05, 4.69) is 10.1 Å². The van der Waals surface area contributed by atoms with Crippen LogP contribution in [0.3, 0.4) is 0 Å². The Bertz CT molecular complexity index is 1050. The van der Waals surface area contributed by atoms with Gasteiger partial charge in [0, 0.05) is 11.5 Å². The molecule has 0 aliphatic carbocycles. The number of rotatable bonds is 4. The molecule has 1 amide bonds. The predicted octanol–water partition coefficient (Wildman–Crippen LogP) is 2.73. The molecule has 0 fully saturated rings. The van der Waals surface area contributed by atoms with Gasteiger partial charge in [-0.15, -0.1) is 0 Å². The number of H-pyrrole nitrogens is 1. The van der Waals surface area contributed by atoms with Gasteiger partial charge in [-0.3, -0.25) is 14.6 Å². The minimum atomic E-state index is -0.655. The number of nitrogens with zero attached hydrogens (tertiary/aromatic N) is 3. The molecule has 8 heteroatoms. The van der Waals surface area contributed by atoms with Crippen LogP contribution in [-0.2, 0) is 4.79 Å². The van der Waals surface area contributed by atoms with E-state index in [1.165, 1.54) is 11.8 Å². The number of thioether (sulfide) groups is 1. The molecule has 138 valence electrons. The molecule has 2 aromatic heterocycles. The average molecular weight is 383 g/mol. The zero-order valence-electron chi connectivity index (χ0n) is 15.0. The van der Waals surface area contributed by atoms with Gasteiger partial charge in [-0.2, -0.15) is 0 Å². The van der Waals surface area contributed by atoms with Crippen LogP contribution < -0.4 is 15.1 Å². The third kappa shape index (κ3) is 2.86. The van der Waals surface area contributed by atoms with Crippen molar-refractivity contribution < 1.29 is 13.9 Å². The van der Waals surface area contributed by atoms with Crippen molar-refractivity contribution in [3.05, 3.63) is 58.8 Å². The zero-order valence-corrected chi connectivity index (χ0v) is 15.8. The Labute approximate surface area is 160 Å². The molecule has 0 saturated carbocycles. The Morgan fingerprint density at radius 2 is 2.15 bits per heavy atom. The summed E-state index contributed by atoms with van der Waals surface area (Å²) < 4.78 is 7.24. The van der Waals surface area contributed by atoms with Crippen LogP contribution in [0.15, 0.2) is 57.0 Å². The molecule has 0 spiro atoms. The minimum Gasteiger partial charge on any atom is -0.460 e. The summed E-state index contributed by atoms with van der Waals surface area (Å²) >= 11 is 1.33. The predicted molar refractivity (Wildman–Crippen MR) is 102 cm³/mol. The van der Waals surface area contributed by atoms with Crippen LogP contribution in [0.5, 0.6) is 0 Å². The fourth-order valence-corrected chi connectivity index (χ4v) is 3.73. The highest BCUT2D eigenvalue weighted by Gasteiger charge is 2.46. The number of anilines is 1. The summed E-state index contributed by atoms with van der Waals surface area (Å²) in [5.41, 5.74) is 1.51. The van der Waals surface area contributed by atoms with E-state index in [0.29, 0.717) is 34.3 Å². The second kappa shape index (κ2) is 7.03. The zero-order chi connectivity index (χ0) is 19.0. The maximum absolute atomic E-state index is 13.1. The van der Waals surface area contributed by atoms with Crippen LogP contribution in [0.25, 0.3) is 11.3 Å². The number of nitrogens with one attached hydrogen (secondary N) is 1. The van der Waals surface area contributed by atoms with E-state index in [9.17, 15) is 9.59 Å². The van der Waals surface area contributed by atoms with Gasteiger partial charge in [0.25, 0.3) is 0 Å². The number of aromatic amines is 1. The standard InChI is InChI=1S/C19H18N4O3S/c1-3-7-15(24)22-13-9-5-4-8-12(13)16-17(25)20-19(27-2)21-23(16)18(22)14-10-6-11-26-14/h4-6,8-11,18H,3,7H2,1-2H3/p+1/t18-/m0/s1. The van der Waals surface area contributed by atoms with Gasteiger partial charge in [-0.1, -0.05) is 30.8 Å². The van der Waals surface area contributed by atoms with Gasteiger partial charge in [0.1, 0.15) is 0 Å². The number of carbonyl (C=O) groups is 1. The Balaban J connectivity index is 2.05. The quantitative estimate of drug-likeness (QED) is 0.553. The average Bonchev–Trinajstić information content (AvgIpc) is 3.20. The van der Waals surface area contributed by atoms with E-state index in [4.69, 9.17) is 4.42 Å². The second-order valence-electron chi connectivity index (χ2n) is 6.18. The number of fused-ring (bicyclic) bond motifs is 3. The molecule has 1 N–H and O–H groups in total. The molecule has 3 aromatic rings. The fourth-order valence-electron chi connectivity index (χ4n) is 3.36.